The summed E-state index contributed by atoms with van der Waals surface area (Å²) in [5, 5.41) is 0. The maximum Gasteiger partial charge on any atom is 0.0642 e. The highest BCUT2D eigenvalue weighted by Gasteiger charge is 2.14. The van der Waals surface area contributed by atoms with Gasteiger partial charge in [-0.2, -0.15) is 0 Å². The maximum atomic E-state index is 6.01. The Morgan fingerprint density at radius 3 is 2.64 bits per heavy atom. The summed E-state index contributed by atoms with van der Waals surface area (Å²) >= 11 is 0. The number of morpholine rings is 1. The summed E-state index contributed by atoms with van der Waals surface area (Å²) in [4.78, 5) is 2.41. The van der Waals surface area contributed by atoms with Crippen molar-refractivity contribution < 1.29 is 4.74 Å². The van der Waals surface area contributed by atoms with Gasteiger partial charge in [0.05, 0.1) is 13.2 Å². The smallest absolute Gasteiger partial charge is 0.0642 e. The van der Waals surface area contributed by atoms with Gasteiger partial charge < -0.3 is 15.4 Å². The van der Waals surface area contributed by atoms with Crippen LogP contribution in [0.25, 0.3) is 0 Å². The first-order chi connectivity index (χ1) is 10.7. The van der Waals surface area contributed by atoms with Crippen LogP contribution in [0, 0.1) is 6.92 Å². The molecule has 3 nitrogen and oxygen atoms in total. The molecule has 3 rings (SSSR count). The van der Waals surface area contributed by atoms with Gasteiger partial charge in [0.15, 0.2) is 0 Å². The Balaban J connectivity index is 1.78. The Morgan fingerprint density at radius 1 is 1.05 bits per heavy atom. The van der Waals surface area contributed by atoms with E-state index in [1.807, 2.05) is 6.07 Å². The first-order valence-corrected chi connectivity index (χ1v) is 7.99. The number of hydrogen-bond donors (Lipinski definition) is 1. The second kappa shape index (κ2) is 6.84. The van der Waals surface area contributed by atoms with Gasteiger partial charge in [0, 0.05) is 24.5 Å². The van der Waals surface area contributed by atoms with E-state index in [0.717, 1.165) is 44.8 Å². The Morgan fingerprint density at radius 2 is 1.86 bits per heavy atom. The van der Waals surface area contributed by atoms with Gasteiger partial charge in [-0.1, -0.05) is 29.8 Å². The first kappa shape index (κ1) is 14.9. The Hall–Kier alpha value is -2.00. The summed E-state index contributed by atoms with van der Waals surface area (Å²) < 4.78 is 5.46. The topological polar surface area (TPSA) is 38.5 Å². The predicted octanol–water partition coefficient (Wildman–Crippen LogP) is 3.20. The average molecular weight is 296 g/mol. The van der Waals surface area contributed by atoms with Crippen molar-refractivity contribution in [2.75, 3.05) is 36.9 Å². The number of hydrogen-bond acceptors (Lipinski definition) is 3. The van der Waals surface area contributed by atoms with E-state index in [1.54, 1.807) is 0 Å². The highest BCUT2D eigenvalue weighted by Crippen LogP contribution is 2.25. The largest absolute Gasteiger partial charge is 0.399 e. The van der Waals surface area contributed by atoms with Crippen molar-refractivity contribution in [3.63, 3.8) is 0 Å². The lowest BCUT2D eigenvalue weighted by molar-refractivity contribution is 0.122. The molecule has 2 aromatic carbocycles. The van der Waals surface area contributed by atoms with Crippen molar-refractivity contribution in [2.24, 2.45) is 0 Å². The zero-order valence-electron chi connectivity index (χ0n) is 13.2. The number of nitrogens with zero attached hydrogens (tertiary/aromatic N) is 1. The minimum atomic E-state index is 0.807. The van der Waals surface area contributed by atoms with Crippen LogP contribution in [0.3, 0.4) is 0 Å². The van der Waals surface area contributed by atoms with E-state index in [4.69, 9.17) is 10.5 Å². The van der Waals surface area contributed by atoms with Gasteiger partial charge in [0.2, 0.25) is 0 Å². The van der Waals surface area contributed by atoms with Crippen molar-refractivity contribution in [1.82, 2.24) is 0 Å². The van der Waals surface area contributed by atoms with Gasteiger partial charge >= 0.3 is 0 Å². The monoisotopic (exact) mass is 296 g/mol. The number of ether oxygens (including phenoxy) is 1. The molecule has 0 saturated carbocycles. The first-order valence-electron chi connectivity index (χ1n) is 7.99. The highest BCUT2D eigenvalue weighted by molar-refractivity contribution is 5.60. The van der Waals surface area contributed by atoms with Crippen molar-refractivity contribution in [3.05, 3.63) is 59.2 Å². The molecule has 0 radical (unpaired) electrons. The lowest BCUT2D eigenvalue weighted by Gasteiger charge is -2.31. The van der Waals surface area contributed by atoms with Crippen molar-refractivity contribution >= 4 is 11.4 Å². The SMILES string of the molecule is Cc1cccc(CCc2cc(N)ccc2N2CCOCC2)c1. The minimum absolute atomic E-state index is 0.807. The van der Waals surface area contributed by atoms with E-state index in [0.29, 0.717) is 0 Å². The van der Waals surface area contributed by atoms with Crippen LogP contribution >= 0.6 is 0 Å². The van der Waals surface area contributed by atoms with Gasteiger partial charge in [-0.25, -0.2) is 0 Å². The molecule has 0 aromatic heterocycles. The van der Waals surface area contributed by atoms with E-state index >= 15 is 0 Å². The zero-order chi connectivity index (χ0) is 15.4. The number of nitrogen functional groups attached to an aromatic ring is 1. The minimum Gasteiger partial charge on any atom is -0.399 e. The predicted molar refractivity (Wildman–Crippen MR) is 92.5 cm³/mol. The molecule has 0 unspecified atom stereocenters. The van der Waals surface area contributed by atoms with Gasteiger partial charge in [0.1, 0.15) is 0 Å². The standard InChI is InChI=1S/C19H24N2O/c1-15-3-2-4-16(13-15)5-6-17-14-18(20)7-8-19(17)21-9-11-22-12-10-21/h2-4,7-8,13-14H,5-6,9-12,20H2,1H3. The highest BCUT2D eigenvalue weighted by atomic mass is 16.5. The molecule has 1 fully saturated rings. The third kappa shape index (κ3) is 3.60. The van der Waals surface area contributed by atoms with Crippen LogP contribution in [0.2, 0.25) is 0 Å². The van der Waals surface area contributed by atoms with Gasteiger partial charge in [-0.05, 0) is 49.1 Å². The summed E-state index contributed by atoms with van der Waals surface area (Å²) in [7, 11) is 0. The van der Waals surface area contributed by atoms with Crippen molar-refractivity contribution in [1.29, 1.82) is 0 Å². The second-order valence-corrected chi connectivity index (χ2v) is 5.98. The Kier molecular flexibility index (Phi) is 4.64. The third-order valence-electron chi connectivity index (χ3n) is 4.22. The van der Waals surface area contributed by atoms with Gasteiger partial charge in [-0.15, -0.1) is 0 Å². The van der Waals surface area contributed by atoms with Crippen LogP contribution in [0.5, 0.6) is 0 Å². The van der Waals surface area contributed by atoms with Crippen LogP contribution in [0.4, 0.5) is 11.4 Å². The van der Waals surface area contributed by atoms with E-state index in [1.165, 1.54) is 22.4 Å². The number of benzene rings is 2. The van der Waals surface area contributed by atoms with E-state index in [2.05, 4.69) is 48.2 Å². The number of rotatable bonds is 4. The lowest BCUT2D eigenvalue weighted by atomic mass is 10.0. The Labute approximate surface area is 132 Å². The van der Waals surface area contributed by atoms with Crippen LogP contribution < -0.4 is 10.6 Å². The molecule has 2 N–H and O–H groups in total. The molecule has 2 aromatic rings. The van der Waals surface area contributed by atoms with Crippen LogP contribution in [-0.2, 0) is 17.6 Å². The zero-order valence-corrected chi connectivity index (χ0v) is 13.2. The van der Waals surface area contributed by atoms with Crippen molar-refractivity contribution in [2.45, 2.75) is 19.8 Å². The van der Waals surface area contributed by atoms with E-state index in [-0.39, 0.29) is 0 Å². The number of nitrogens with two attached hydrogens (primary N) is 1. The molecule has 22 heavy (non-hydrogen) atoms. The number of aryl methyl sites for hydroxylation is 3. The molecule has 0 spiro atoms. The molecule has 3 heteroatoms. The molecule has 1 aliphatic heterocycles. The molecular formula is C19H24N2O. The fourth-order valence-corrected chi connectivity index (χ4v) is 3.07. The fraction of sp³-hybridized carbons (Fsp3) is 0.368. The van der Waals surface area contributed by atoms with Crippen LogP contribution in [0.15, 0.2) is 42.5 Å². The third-order valence-corrected chi connectivity index (χ3v) is 4.22. The van der Waals surface area contributed by atoms with Crippen molar-refractivity contribution in [3.8, 4) is 0 Å². The molecule has 0 atom stereocenters. The van der Waals surface area contributed by atoms with Gasteiger partial charge in [0.25, 0.3) is 0 Å². The van der Waals surface area contributed by atoms with E-state index in [9.17, 15) is 0 Å². The van der Waals surface area contributed by atoms with Crippen LogP contribution in [0.1, 0.15) is 16.7 Å². The quantitative estimate of drug-likeness (QED) is 0.881. The molecule has 1 heterocycles. The van der Waals surface area contributed by atoms with E-state index < -0.39 is 0 Å². The molecule has 0 aliphatic carbocycles. The van der Waals surface area contributed by atoms with Crippen LogP contribution in [-0.4, -0.2) is 26.3 Å². The Bertz CT molecular complexity index is 633. The molecular weight excluding hydrogens is 272 g/mol. The lowest BCUT2D eigenvalue weighted by Crippen LogP contribution is -2.36. The summed E-state index contributed by atoms with van der Waals surface area (Å²) in [6.45, 7) is 5.68. The summed E-state index contributed by atoms with van der Waals surface area (Å²) in [5.74, 6) is 0. The molecule has 1 saturated heterocycles. The van der Waals surface area contributed by atoms with Gasteiger partial charge in [-0.3, -0.25) is 0 Å². The maximum absolute atomic E-state index is 6.01. The number of anilines is 2. The summed E-state index contributed by atoms with van der Waals surface area (Å²) in [6.07, 6.45) is 2.06. The summed E-state index contributed by atoms with van der Waals surface area (Å²) in [6, 6.07) is 15.0. The fourth-order valence-electron chi connectivity index (χ4n) is 3.07. The second-order valence-electron chi connectivity index (χ2n) is 5.98. The molecule has 1 aliphatic rings. The summed E-state index contributed by atoms with van der Waals surface area (Å²) in [5.41, 5.74) is 12.2. The average Bonchev–Trinajstić information content (AvgIpc) is 2.54. The molecule has 0 amide bonds. The molecule has 116 valence electrons. The molecule has 0 bridgehead atoms. The normalized spacial score (nSPS) is 15.0.